The van der Waals surface area contributed by atoms with Gasteiger partial charge in [0.1, 0.15) is 11.4 Å². The largest absolute Gasteiger partial charge is 0.443 e. The monoisotopic (exact) mass is 385 g/mol. The Hall–Kier alpha value is -1.91. The second kappa shape index (κ2) is 6.04. The Morgan fingerprint density at radius 1 is 1.21 bits per heavy atom. The molecular formula is C23H31NO4. The summed E-state index contributed by atoms with van der Waals surface area (Å²) >= 11 is 0. The minimum absolute atomic E-state index is 0.0314. The van der Waals surface area contributed by atoms with Crippen LogP contribution < -0.4 is 0 Å². The quantitative estimate of drug-likeness (QED) is 0.624. The molecule has 0 aromatic heterocycles. The molecule has 1 saturated heterocycles. The molecule has 28 heavy (non-hydrogen) atoms. The molecule has 5 heteroatoms. The Balaban J connectivity index is 1.75. The van der Waals surface area contributed by atoms with Gasteiger partial charge in [-0.05, 0) is 62.9 Å². The Kier molecular flexibility index (Phi) is 4.19. The smallest absolute Gasteiger partial charge is 0.414 e. The third-order valence-corrected chi connectivity index (χ3v) is 7.50. The Bertz CT molecular complexity index is 804. The first kappa shape index (κ1) is 19.4. The number of piperidine rings is 1. The molecule has 3 fully saturated rings. The fraction of sp³-hybridized carbons (Fsp3) is 0.696. The van der Waals surface area contributed by atoms with Crippen molar-refractivity contribution in [3.05, 3.63) is 23.9 Å². The SMILES string of the molecule is CC(C)(C)OC(=O)N1CC2C3CC(=O)C[C@@]3(C)CCC2[C@@]2(C)C=CC(=O)C=C12. The molecule has 5 nitrogen and oxygen atoms in total. The van der Waals surface area contributed by atoms with Crippen molar-refractivity contribution >= 4 is 17.7 Å². The van der Waals surface area contributed by atoms with Gasteiger partial charge in [0, 0.05) is 36.6 Å². The minimum Gasteiger partial charge on any atom is -0.443 e. The van der Waals surface area contributed by atoms with E-state index in [0.717, 1.165) is 18.5 Å². The van der Waals surface area contributed by atoms with Crippen molar-refractivity contribution in [2.24, 2.45) is 28.6 Å². The summed E-state index contributed by atoms with van der Waals surface area (Å²) in [5, 5.41) is 0. The highest BCUT2D eigenvalue weighted by molar-refractivity contribution is 6.01. The number of hydrogen-bond acceptors (Lipinski definition) is 4. The molecule has 3 aliphatic carbocycles. The molecule has 1 heterocycles. The van der Waals surface area contributed by atoms with Gasteiger partial charge in [-0.2, -0.15) is 0 Å². The van der Waals surface area contributed by atoms with Gasteiger partial charge in [-0.15, -0.1) is 0 Å². The highest BCUT2D eigenvalue weighted by Gasteiger charge is 2.59. The number of carbonyl (C=O) groups is 3. The van der Waals surface area contributed by atoms with Crippen LogP contribution in [0.1, 0.15) is 60.3 Å². The van der Waals surface area contributed by atoms with Crippen molar-refractivity contribution in [2.45, 2.75) is 65.9 Å². The van der Waals surface area contributed by atoms with Gasteiger partial charge < -0.3 is 4.74 Å². The number of carbonyl (C=O) groups excluding carboxylic acids is 3. The standard InChI is InChI=1S/C23H31NO4/c1-21(2,3)28-20(27)24-13-16-17(23(5)9-6-14(25)11-19(23)24)7-8-22(4)12-15(26)10-18(16)22/h6,9,11,16-18H,7-8,10,12-13H2,1-5H3/t16?,17?,18?,22-,23-/m1/s1. The zero-order valence-electron chi connectivity index (χ0n) is 17.6. The van der Waals surface area contributed by atoms with Gasteiger partial charge >= 0.3 is 6.09 Å². The summed E-state index contributed by atoms with van der Waals surface area (Å²) < 4.78 is 5.69. The highest BCUT2D eigenvalue weighted by atomic mass is 16.6. The lowest BCUT2D eigenvalue weighted by Gasteiger charge is -2.58. The molecule has 3 unspecified atom stereocenters. The van der Waals surface area contributed by atoms with Crippen molar-refractivity contribution in [1.82, 2.24) is 4.90 Å². The summed E-state index contributed by atoms with van der Waals surface area (Å²) in [4.78, 5) is 39.3. The molecule has 4 aliphatic rings. The van der Waals surface area contributed by atoms with E-state index in [9.17, 15) is 14.4 Å². The van der Waals surface area contributed by atoms with E-state index in [4.69, 9.17) is 4.74 Å². The molecule has 0 N–H and O–H groups in total. The third kappa shape index (κ3) is 2.94. The molecule has 5 atom stereocenters. The molecule has 0 aromatic rings. The van der Waals surface area contributed by atoms with Gasteiger partial charge in [-0.1, -0.05) is 19.9 Å². The number of ketones is 2. The first-order valence-corrected chi connectivity index (χ1v) is 10.4. The number of amides is 1. The van der Waals surface area contributed by atoms with Crippen LogP contribution in [0.4, 0.5) is 4.79 Å². The third-order valence-electron chi connectivity index (χ3n) is 7.50. The highest BCUT2D eigenvalue weighted by Crippen LogP contribution is 2.62. The first-order chi connectivity index (χ1) is 12.9. The molecule has 1 amide bonds. The maximum absolute atomic E-state index is 13.1. The van der Waals surface area contributed by atoms with Crippen molar-refractivity contribution < 1.29 is 19.1 Å². The predicted octanol–water partition coefficient (Wildman–Crippen LogP) is 4.28. The van der Waals surface area contributed by atoms with E-state index in [2.05, 4.69) is 13.8 Å². The maximum atomic E-state index is 13.1. The molecule has 2 saturated carbocycles. The van der Waals surface area contributed by atoms with E-state index < -0.39 is 11.7 Å². The summed E-state index contributed by atoms with van der Waals surface area (Å²) in [7, 11) is 0. The Morgan fingerprint density at radius 3 is 2.61 bits per heavy atom. The number of ether oxygens (including phenoxy) is 1. The average molecular weight is 386 g/mol. The van der Waals surface area contributed by atoms with Crippen LogP contribution in [-0.4, -0.2) is 34.7 Å². The first-order valence-electron chi connectivity index (χ1n) is 10.4. The Morgan fingerprint density at radius 2 is 1.93 bits per heavy atom. The maximum Gasteiger partial charge on any atom is 0.414 e. The molecule has 1 aliphatic heterocycles. The summed E-state index contributed by atoms with van der Waals surface area (Å²) in [5.74, 6) is 1.10. The molecule has 0 bridgehead atoms. The summed E-state index contributed by atoms with van der Waals surface area (Å²) in [6, 6.07) is 0. The lowest BCUT2D eigenvalue weighted by atomic mass is 9.51. The van der Waals surface area contributed by atoms with Crippen molar-refractivity contribution in [2.75, 3.05) is 6.54 Å². The average Bonchev–Trinajstić information content (AvgIpc) is 2.87. The van der Waals surface area contributed by atoms with Gasteiger partial charge in [-0.3, -0.25) is 14.5 Å². The molecule has 152 valence electrons. The van der Waals surface area contributed by atoms with Gasteiger partial charge in [0.15, 0.2) is 5.78 Å². The van der Waals surface area contributed by atoms with Gasteiger partial charge in [0.05, 0.1) is 0 Å². The van der Waals surface area contributed by atoms with Gasteiger partial charge in [0.25, 0.3) is 0 Å². The number of hydrogen-bond donors (Lipinski definition) is 0. The van der Waals surface area contributed by atoms with Crippen LogP contribution in [0.15, 0.2) is 23.9 Å². The van der Waals surface area contributed by atoms with Crippen molar-refractivity contribution in [3.63, 3.8) is 0 Å². The van der Waals surface area contributed by atoms with E-state index in [1.807, 2.05) is 26.8 Å². The molecular weight excluding hydrogens is 354 g/mol. The fourth-order valence-electron chi connectivity index (χ4n) is 6.23. The second-order valence-electron chi connectivity index (χ2n) is 10.6. The zero-order chi connectivity index (χ0) is 20.5. The van der Waals surface area contributed by atoms with E-state index in [1.165, 1.54) is 0 Å². The van der Waals surface area contributed by atoms with E-state index in [1.54, 1.807) is 17.1 Å². The van der Waals surface area contributed by atoms with Crippen LogP contribution in [0.5, 0.6) is 0 Å². The summed E-state index contributed by atoms with van der Waals surface area (Å²) in [5.41, 5.74) is -0.211. The predicted molar refractivity (Wildman–Crippen MR) is 105 cm³/mol. The lowest BCUT2D eigenvalue weighted by Crippen LogP contribution is -2.58. The van der Waals surface area contributed by atoms with Crippen molar-refractivity contribution in [1.29, 1.82) is 0 Å². The number of Topliss-reactive ketones (excluding diaryl/α,β-unsaturated/α-hetero) is 1. The van der Waals surface area contributed by atoms with E-state index in [0.29, 0.717) is 31.1 Å². The number of nitrogens with zero attached hydrogens (tertiary/aromatic N) is 1. The normalized spacial score (nSPS) is 39.8. The van der Waals surface area contributed by atoms with E-state index in [-0.39, 0.29) is 28.4 Å². The van der Waals surface area contributed by atoms with E-state index >= 15 is 0 Å². The number of rotatable bonds is 0. The van der Waals surface area contributed by atoms with Gasteiger partial charge in [0.2, 0.25) is 0 Å². The van der Waals surface area contributed by atoms with Gasteiger partial charge in [-0.25, -0.2) is 4.79 Å². The number of fused-ring (bicyclic) bond motifs is 5. The Labute approximate surface area is 167 Å². The lowest BCUT2D eigenvalue weighted by molar-refractivity contribution is -0.118. The zero-order valence-corrected chi connectivity index (χ0v) is 17.6. The molecule has 4 rings (SSSR count). The molecule has 0 aromatic carbocycles. The number of likely N-dealkylation sites (tertiary alicyclic amines) is 1. The van der Waals surface area contributed by atoms with Crippen LogP contribution >= 0.6 is 0 Å². The number of allylic oxidation sites excluding steroid dienone is 3. The van der Waals surface area contributed by atoms with Crippen LogP contribution in [0.25, 0.3) is 0 Å². The second-order valence-corrected chi connectivity index (χ2v) is 10.6. The topological polar surface area (TPSA) is 63.7 Å². The van der Waals surface area contributed by atoms with Crippen LogP contribution in [0, 0.1) is 28.6 Å². The minimum atomic E-state index is -0.607. The fourth-order valence-corrected chi connectivity index (χ4v) is 6.23. The molecule has 0 spiro atoms. The molecule has 0 radical (unpaired) electrons. The van der Waals surface area contributed by atoms with Crippen molar-refractivity contribution in [3.8, 4) is 0 Å². The van der Waals surface area contributed by atoms with Crippen LogP contribution in [0.3, 0.4) is 0 Å². The van der Waals surface area contributed by atoms with Crippen LogP contribution in [0.2, 0.25) is 0 Å². The summed E-state index contributed by atoms with van der Waals surface area (Å²) in [6.07, 6.45) is 8.13. The van der Waals surface area contributed by atoms with Crippen LogP contribution in [-0.2, 0) is 14.3 Å². The summed E-state index contributed by atoms with van der Waals surface area (Å²) in [6.45, 7) is 10.5.